The van der Waals surface area contributed by atoms with E-state index in [1.54, 1.807) is 6.07 Å². The Morgan fingerprint density at radius 2 is 2.24 bits per heavy atom. The van der Waals surface area contributed by atoms with Crippen LogP contribution >= 0.6 is 0 Å². The Bertz CT molecular complexity index is 444. The molecule has 1 aromatic carbocycles. The van der Waals surface area contributed by atoms with E-state index in [1.807, 2.05) is 43.5 Å². The number of Topliss-reactive ketones (excluding diaryl/α,β-unsaturated/α-hetero) is 1. The second kappa shape index (κ2) is 7.37. The molecule has 3 nitrogen and oxygen atoms in total. The molecule has 0 radical (unpaired) electrons. The third-order valence-corrected chi connectivity index (χ3v) is 2.36. The van der Waals surface area contributed by atoms with Gasteiger partial charge in [0.25, 0.3) is 0 Å². The Morgan fingerprint density at radius 3 is 2.94 bits per heavy atom. The molecule has 0 amide bonds. The smallest absolute Gasteiger partial charge is 0.177 e. The number of hydrogen-bond acceptors (Lipinski definition) is 3. The lowest BCUT2D eigenvalue weighted by atomic mass is 10.0. The summed E-state index contributed by atoms with van der Waals surface area (Å²) in [7, 11) is 1.90. The van der Waals surface area contributed by atoms with Gasteiger partial charge in [0.1, 0.15) is 0 Å². The summed E-state index contributed by atoms with van der Waals surface area (Å²) in [6.45, 7) is 0.908. The van der Waals surface area contributed by atoms with Gasteiger partial charge in [-0.25, -0.2) is 0 Å². The molecular formula is C14H16N2O. The van der Waals surface area contributed by atoms with Crippen LogP contribution < -0.4 is 5.32 Å². The Labute approximate surface area is 102 Å². The second-order valence-corrected chi connectivity index (χ2v) is 3.64. The molecule has 0 aliphatic carbocycles. The highest BCUT2D eigenvalue weighted by molar-refractivity contribution is 6.00. The van der Waals surface area contributed by atoms with Crippen molar-refractivity contribution >= 4 is 11.9 Å². The van der Waals surface area contributed by atoms with Crippen molar-refractivity contribution in [3.63, 3.8) is 0 Å². The number of benzene rings is 1. The summed E-state index contributed by atoms with van der Waals surface area (Å²) in [5.41, 5.74) is 1.50. The zero-order valence-electron chi connectivity index (χ0n) is 9.94. The van der Waals surface area contributed by atoms with Crippen molar-refractivity contribution in [2.75, 3.05) is 13.6 Å². The molecule has 0 saturated heterocycles. The number of nitrogens with zero attached hydrogens (tertiary/aromatic N) is 1. The largest absolute Gasteiger partial charge is 0.319 e. The number of nitrogens with one attached hydrogen (secondary N) is 1. The van der Waals surface area contributed by atoms with E-state index in [0.717, 1.165) is 18.5 Å². The quantitative estimate of drug-likeness (QED) is 0.601. The molecule has 0 heterocycles. The van der Waals surface area contributed by atoms with Crippen LogP contribution in [-0.2, 0) is 0 Å². The first-order valence-corrected chi connectivity index (χ1v) is 5.60. The molecule has 1 aromatic rings. The maximum atomic E-state index is 11.7. The number of ketones is 1. The lowest BCUT2D eigenvalue weighted by Crippen LogP contribution is -2.05. The highest BCUT2D eigenvalue weighted by Gasteiger charge is 2.07. The van der Waals surface area contributed by atoms with Crippen molar-refractivity contribution in [2.24, 2.45) is 0 Å². The van der Waals surface area contributed by atoms with Crippen LogP contribution in [0.1, 0.15) is 28.8 Å². The standard InChI is InChI=1S/C14H16N2O/c1-16-11-5-4-7-12-6-2-3-8-13(12)14(17)9-10-15/h2-4,6-8,16H,5,9,11H2,1H3. The molecule has 0 aromatic heterocycles. The maximum Gasteiger partial charge on any atom is 0.177 e. The van der Waals surface area contributed by atoms with Gasteiger partial charge in [-0.05, 0) is 25.6 Å². The Kier molecular flexibility index (Phi) is 5.70. The monoisotopic (exact) mass is 228 g/mol. The van der Waals surface area contributed by atoms with E-state index in [-0.39, 0.29) is 12.2 Å². The lowest BCUT2D eigenvalue weighted by Gasteiger charge is -2.02. The molecule has 0 fully saturated rings. The molecule has 17 heavy (non-hydrogen) atoms. The minimum Gasteiger partial charge on any atom is -0.319 e. The van der Waals surface area contributed by atoms with Gasteiger partial charge in [-0.3, -0.25) is 4.79 Å². The van der Waals surface area contributed by atoms with Gasteiger partial charge in [-0.15, -0.1) is 0 Å². The van der Waals surface area contributed by atoms with E-state index in [1.165, 1.54) is 0 Å². The first-order valence-electron chi connectivity index (χ1n) is 5.60. The van der Waals surface area contributed by atoms with Gasteiger partial charge < -0.3 is 5.32 Å². The molecule has 3 heteroatoms. The van der Waals surface area contributed by atoms with Crippen LogP contribution in [-0.4, -0.2) is 19.4 Å². The van der Waals surface area contributed by atoms with Crippen molar-refractivity contribution in [1.82, 2.24) is 5.32 Å². The number of carbonyl (C=O) groups excluding carboxylic acids is 1. The molecule has 1 rings (SSSR count). The van der Waals surface area contributed by atoms with E-state index < -0.39 is 0 Å². The predicted octanol–water partition coefficient (Wildman–Crippen LogP) is 2.41. The third-order valence-electron chi connectivity index (χ3n) is 2.36. The van der Waals surface area contributed by atoms with Crippen LogP contribution in [0.15, 0.2) is 30.3 Å². The Balaban J connectivity index is 2.81. The topological polar surface area (TPSA) is 52.9 Å². The average molecular weight is 228 g/mol. The highest BCUT2D eigenvalue weighted by Crippen LogP contribution is 2.13. The molecule has 0 atom stereocenters. The fourth-order valence-corrected chi connectivity index (χ4v) is 1.50. The number of rotatable bonds is 6. The zero-order chi connectivity index (χ0) is 12.5. The zero-order valence-corrected chi connectivity index (χ0v) is 9.94. The minimum absolute atomic E-state index is 0.0681. The summed E-state index contributed by atoms with van der Waals surface area (Å²) in [5, 5.41) is 11.6. The predicted molar refractivity (Wildman–Crippen MR) is 68.6 cm³/mol. The molecule has 0 saturated carbocycles. The van der Waals surface area contributed by atoms with Crippen LogP contribution in [0.3, 0.4) is 0 Å². The first-order chi connectivity index (χ1) is 8.29. The maximum absolute atomic E-state index is 11.7. The van der Waals surface area contributed by atoms with Gasteiger partial charge in [0.2, 0.25) is 0 Å². The molecule has 0 bridgehead atoms. The van der Waals surface area contributed by atoms with Crippen molar-refractivity contribution in [1.29, 1.82) is 5.26 Å². The van der Waals surface area contributed by atoms with Crippen molar-refractivity contribution in [2.45, 2.75) is 12.8 Å². The van der Waals surface area contributed by atoms with E-state index in [4.69, 9.17) is 5.26 Å². The Morgan fingerprint density at radius 1 is 1.47 bits per heavy atom. The minimum atomic E-state index is -0.124. The molecule has 0 aliphatic heterocycles. The van der Waals surface area contributed by atoms with Gasteiger partial charge in [-0.1, -0.05) is 36.4 Å². The summed E-state index contributed by atoms with van der Waals surface area (Å²) >= 11 is 0. The molecule has 88 valence electrons. The SMILES string of the molecule is CNCCC=Cc1ccccc1C(=O)CC#N. The van der Waals surface area contributed by atoms with Gasteiger partial charge >= 0.3 is 0 Å². The van der Waals surface area contributed by atoms with Gasteiger partial charge in [0.05, 0.1) is 12.5 Å². The average Bonchev–Trinajstić information content (AvgIpc) is 2.35. The van der Waals surface area contributed by atoms with Crippen LogP contribution in [0.5, 0.6) is 0 Å². The molecule has 0 unspecified atom stereocenters. The van der Waals surface area contributed by atoms with Gasteiger partial charge in [0.15, 0.2) is 5.78 Å². The summed E-state index contributed by atoms with van der Waals surface area (Å²) in [6, 6.07) is 9.24. The normalized spacial score (nSPS) is 10.4. The molecule has 1 N–H and O–H groups in total. The van der Waals surface area contributed by atoms with E-state index in [2.05, 4.69) is 5.32 Å². The number of carbonyl (C=O) groups is 1. The van der Waals surface area contributed by atoms with Crippen molar-refractivity contribution < 1.29 is 4.79 Å². The van der Waals surface area contributed by atoms with E-state index >= 15 is 0 Å². The van der Waals surface area contributed by atoms with Gasteiger partial charge in [-0.2, -0.15) is 5.26 Å². The Hall–Kier alpha value is -1.92. The fraction of sp³-hybridized carbons (Fsp3) is 0.286. The summed E-state index contributed by atoms with van der Waals surface area (Å²) < 4.78 is 0. The summed E-state index contributed by atoms with van der Waals surface area (Å²) in [6.07, 6.45) is 4.80. The van der Waals surface area contributed by atoms with E-state index in [0.29, 0.717) is 5.56 Å². The number of hydrogen-bond donors (Lipinski definition) is 1. The first kappa shape index (κ1) is 13.1. The summed E-state index contributed by atoms with van der Waals surface area (Å²) in [4.78, 5) is 11.7. The van der Waals surface area contributed by atoms with Crippen LogP contribution in [0, 0.1) is 11.3 Å². The van der Waals surface area contributed by atoms with Crippen LogP contribution in [0.4, 0.5) is 0 Å². The molecular weight excluding hydrogens is 212 g/mol. The third kappa shape index (κ3) is 4.21. The van der Waals surface area contributed by atoms with E-state index in [9.17, 15) is 4.79 Å². The molecule has 0 aliphatic rings. The van der Waals surface area contributed by atoms with Gasteiger partial charge in [0, 0.05) is 5.56 Å². The van der Waals surface area contributed by atoms with Crippen LogP contribution in [0.2, 0.25) is 0 Å². The second-order valence-electron chi connectivity index (χ2n) is 3.64. The lowest BCUT2D eigenvalue weighted by molar-refractivity contribution is 0.0997. The fourth-order valence-electron chi connectivity index (χ4n) is 1.50. The molecule has 0 spiro atoms. The summed E-state index contributed by atoms with van der Waals surface area (Å²) in [5.74, 6) is -0.124. The number of nitriles is 1. The van der Waals surface area contributed by atoms with Crippen LogP contribution in [0.25, 0.3) is 6.08 Å². The van der Waals surface area contributed by atoms with Crippen molar-refractivity contribution in [3.8, 4) is 6.07 Å². The highest BCUT2D eigenvalue weighted by atomic mass is 16.1. The van der Waals surface area contributed by atoms with Crippen molar-refractivity contribution in [3.05, 3.63) is 41.5 Å².